The van der Waals surface area contributed by atoms with Crippen molar-refractivity contribution in [1.82, 2.24) is 0 Å². The zero-order chi connectivity index (χ0) is 19.3. The molecule has 4 rings (SSSR count). The fourth-order valence-electron chi connectivity index (χ4n) is 2.85. The van der Waals surface area contributed by atoms with E-state index in [4.69, 9.17) is 9.15 Å². The third kappa shape index (κ3) is 4.31. The molecule has 0 N–H and O–H groups in total. The maximum Gasteiger partial charge on any atom is 0.379 e. The van der Waals surface area contributed by atoms with E-state index in [0.29, 0.717) is 9.52 Å². The average molecular weight is 500 g/mol. The second-order valence-corrected chi connectivity index (χ2v) is 9.28. The molecule has 0 radical (unpaired) electrons. The second-order valence-electron chi connectivity index (χ2n) is 5.99. The third-order valence-electron chi connectivity index (χ3n) is 4.11. The molecule has 0 bridgehead atoms. The number of hydrogen-bond donors (Lipinski definition) is 1. The highest BCUT2D eigenvalue weighted by Gasteiger charge is 2.15. The van der Waals surface area contributed by atoms with Gasteiger partial charge in [-0.1, -0.05) is 36.4 Å². The predicted octanol–water partition coefficient (Wildman–Crippen LogP) is 6.58. The van der Waals surface area contributed by atoms with E-state index < -0.39 is 16.9 Å². The molecule has 0 aliphatic carbocycles. The molecule has 140 valence electrons. The van der Waals surface area contributed by atoms with Crippen molar-refractivity contribution in [3.8, 4) is 5.75 Å². The highest BCUT2D eigenvalue weighted by atomic mass is 127. The number of ether oxygens (including phenoxy) is 1. The number of thiol groups is 1. The molecular weight excluding hydrogens is 483 g/mol. The molecule has 0 saturated heterocycles. The lowest BCUT2D eigenvalue weighted by Gasteiger charge is -2.23. The van der Waals surface area contributed by atoms with Crippen LogP contribution in [0.1, 0.15) is 10.6 Å². The van der Waals surface area contributed by atoms with Gasteiger partial charge in [-0.25, -0.2) is 4.79 Å². The fourth-order valence-corrected chi connectivity index (χ4v) is 5.55. The number of esters is 1. The van der Waals surface area contributed by atoms with Crippen molar-refractivity contribution in [1.29, 1.82) is 0 Å². The molecule has 28 heavy (non-hydrogen) atoms. The third-order valence-corrected chi connectivity index (χ3v) is 7.13. The van der Waals surface area contributed by atoms with Crippen molar-refractivity contribution in [2.75, 3.05) is 0 Å². The number of hydrogen-bond acceptors (Lipinski definition) is 3. The summed E-state index contributed by atoms with van der Waals surface area (Å²) in [6, 6.07) is 32.0. The quantitative estimate of drug-likeness (QED) is 0.146. The summed E-state index contributed by atoms with van der Waals surface area (Å²) in [5.74, 6) is 0.199. The lowest BCUT2D eigenvalue weighted by Crippen LogP contribution is -2.07. The predicted molar refractivity (Wildman–Crippen MR) is 119 cm³/mol. The Morgan fingerprint density at radius 3 is 1.75 bits per heavy atom. The standard InChI is InChI=1S/C23H17IO3S/c24-22-16-15-21(27-22)23(25)26-17-11-13-20(14-12-17)28(18-7-3-1-4-8-18)19-9-5-2-6-10-19/h1-16,28H. The molecule has 0 unspecified atom stereocenters. The fraction of sp³-hybridized carbons (Fsp3) is 0. The van der Waals surface area contributed by atoms with Gasteiger partial charge in [0.05, 0.1) is 0 Å². The smallest absolute Gasteiger partial charge is 0.379 e. The maximum atomic E-state index is 12.2. The van der Waals surface area contributed by atoms with Crippen LogP contribution in [-0.4, -0.2) is 5.97 Å². The summed E-state index contributed by atoms with van der Waals surface area (Å²) in [6.45, 7) is 0. The Morgan fingerprint density at radius 1 is 0.714 bits per heavy atom. The molecule has 3 aromatic carbocycles. The van der Waals surface area contributed by atoms with Crippen LogP contribution in [0.4, 0.5) is 0 Å². The van der Waals surface area contributed by atoms with Gasteiger partial charge in [0.15, 0.2) is 3.77 Å². The van der Waals surface area contributed by atoms with Crippen LogP contribution >= 0.6 is 33.5 Å². The van der Waals surface area contributed by atoms with Crippen LogP contribution in [-0.2, 0) is 0 Å². The first-order valence-electron chi connectivity index (χ1n) is 8.68. The largest absolute Gasteiger partial charge is 0.443 e. The minimum Gasteiger partial charge on any atom is -0.443 e. The van der Waals surface area contributed by atoms with E-state index in [9.17, 15) is 4.79 Å². The van der Waals surface area contributed by atoms with Gasteiger partial charge in [0, 0.05) is 0 Å². The number of halogens is 1. The van der Waals surface area contributed by atoms with E-state index >= 15 is 0 Å². The van der Waals surface area contributed by atoms with Gasteiger partial charge in [0.1, 0.15) is 5.75 Å². The minimum atomic E-state index is -0.679. The molecule has 3 nitrogen and oxygen atoms in total. The van der Waals surface area contributed by atoms with Crippen molar-refractivity contribution >= 4 is 39.5 Å². The van der Waals surface area contributed by atoms with Gasteiger partial charge in [-0.3, -0.25) is 0 Å². The maximum absolute atomic E-state index is 12.2. The van der Waals surface area contributed by atoms with Gasteiger partial charge in [0.25, 0.3) is 0 Å². The van der Waals surface area contributed by atoms with Gasteiger partial charge in [-0.05, 0) is 97.9 Å². The number of carbonyl (C=O) groups is 1. The zero-order valence-corrected chi connectivity index (χ0v) is 17.8. The van der Waals surface area contributed by atoms with Crippen molar-refractivity contribution in [2.24, 2.45) is 0 Å². The SMILES string of the molecule is O=C(Oc1ccc([SH](c2ccccc2)c2ccccc2)cc1)c1ccc(I)o1. The molecule has 0 saturated carbocycles. The van der Waals surface area contributed by atoms with Crippen LogP contribution in [0.5, 0.6) is 5.75 Å². The Hall–Kier alpha value is -2.51. The Bertz CT molecular complexity index is 1020. The first-order valence-corrected chi connectivity index (χ1v) is 11.1. The summed E-state index contributed by atoms with van der Waals surface area (Å²) in [5.41, 5.74) is 0. The molecule has 0 spiro atoms. The summed E-state index contributed by atoms with van der Waals surface area (Å²) in [6.07, 6.45) is 0. The van der Waals surface area contributed by atoms with Gasteiger partial charge < -0.3 is 9.15 Å². The van der Waals surface area contributed by atoms with Crippen LogP contribution < -0.4 is 4.74 Å². The summed E-state index contributed by atoms with van der Waals surface area (Å²) in [5, 5.41) is 0. The summed E-state index contributed by atoms with van der Waals surface area (Å²) in [7, 11) is -0.679. The molecule has 0 amide bonds. The summed E-state index contributed by atoms with van der Waals surface area (Å²) in [4.78, 5) is 15.9. The molecule has 0 fully saturated rings. The molecule has 0 aliphatic heterocycles. The molecule has 0 aliphatic rings. The van der Waals surface area contributed by atoms with E-state index in [1.54, 1.807) is 12.1 Å². The molecule has 4 aromatic rings. The first-order chi connectivity index (χ1) is 13.7. The van der Waals surface area contributed by atoms with Gasteiger partial charge >= 0.3 is 5.97 Å². The van der Waals surface area contributed by atoms with Crippen molar-refractivity contribution < 1.29 is 13.9 Å². The van der Waals surface area contributed by atoms with Crippen LogP contribution in [0.2, 0.25) is 0 Å². The molecule has 1 heterocycles. The van der Waals surface area contributed by atoms with Gasteiger partial charge in [-0.15, -0.1) is 0 Å². The van der Waals surface area contributed by atoms with Crippen LogP contribution in [0.15, 0.2) is 116 Å². The Balaban J connectivity index is 1.61. The minimum absolute atomic E-state index is 0.198. The Kier molecular flexibility index (Phi) is 5.83. The zero-order valence-electron chi connectivity index (χ0n) is 14.8. The normalized spacial score (nSPS) is 11.1. The van der Waals surface area contributed by atoms with E-state index in [1.165, 1.54) is 14.7 Å². The number of furan rings is 1. The van der Waals surface area contributed by atoms with Crippen molar-refractivity contribution in [2.45, 2.75) is 14.7 Å². The molecular formula is C23H17IO3S. The van der Waals surface area contributed by atoms with Crippen LogP contribution in [0, 0.1) is 3.77 Å². The summed E-state index contributed by atoms with van der Waals surface area (Å²) < 4.78 is 11.4. The van der Waals surface area contributed by atoms with Gasteiger partial charge in [0.2, 0.25) is 5.76 Å². The number of carbonyl (C=O) groups excluding carboxylic acids is 1. The summed E-state index contributed by atoms with van der Waals surface area (Å²) >= 11 is 2.02. The Labute approximate surface area is 179 Å². The highest BCUT2D eigenvalue weighted by Crippen LogP contribution is 2.51. The number of rotatable bonds is 5. The molecule has 0 atom stereocenters. The first kappa shape index (κ1) is 18.8. The Morgan fingerprint density at radius 2 is 1.25 bits per heavy atom. The van der Waals surface area contributed by atoms with Crippen LogP contribution in [0.25, 0.3) is 0 Å². The lowest BCUT2D eigenvalue weighted by molar-refractivity contribution is 0.0699. The van der Waals surface area contributed by atoms with E-state index in [-0.39, 0.29) is 5.76 Å². The van der Waals surface area contributed by atoms with E-state index in [1.807, 2.05) is 59.0 Å². The lowest BCUT2D eigenvalue weighted by atomic mass is 10.3. The topological polar surface area (TPSA) is 39.4 Å². The van der Waals surface area contributed by atoms with E-state index in [2.05, 4.69) is 48.5 Å². The van der Waals surface area contributed by atoms with E-state index in [0.717, 1.165) is 0 Å². The monoisotopic (exact) mass is 500 g/mol. The second kappa shape index (κ2) is 8.67. The molecule has 1 aromatic heterocycles. The average Bonchev–Trinajstić information content (AvgIpc) is 3.18. The number of benzene rings is 3. The highest BCUT2D eigenvalue weighted by molar-refractivity contribution is 14.1. The van der Waals surface area contributed by atoms with Crippen molar-refractivity contribution in [3.05, 3.63) is 107 Å². The molecule has 5 heteroatoms. The van der Waals surface area contributed by atoms with Crippen molar-refractivity contribution in [3.63, 3.8) is 0 Å². The van der Waals surface area contributed by atoms with Gasteiger partial charge in [-0.2, -0.15) is 10.9 Å². The van der Waals surface area contributed by atoms with Crippen LogP contribution in [0.3, 0.4) is 0 Å².